The Labute approximate surface area is 87.1 Å². The third-order valence-electron chi connectivity index (χ3n) is 3.14. The molecule has 0 aromatic carbocycles. The molecule has 2 unspecified atom stereocenters. The van der Waals surface area contributed by atoms with Gasteiger partial charge in [-0.2, -0.15) is 5.26 Å². The Bertz CT molecular complexity index is 291. The predicted molar refractivity (Wildman–Crippen MR) is 59.6 cm³/mol. The second-order valence-corrected chi connectivity index (χ2v) is 4.47. The van der Waals surface area contributed by atoms with Gasteiger partial charge in [0.2, 0.25) is 0 Å². The molecule has 2 atom stereocenters. The van der Waals surface area contributed by atoms with E-state index in [4.69, 9.17) is 5.26 Å². The summed E-state index contributed by atoms with van der Waals surface area (Å²) in [4.78, 5) is 0. The average Bonchev–Trinajstić information content (AvgIpc) is 2.16. The molecule has 0 saturated carbocycles. The molecule has 0 heterocycles. The molecular weight excluding hydrogens is 170 g/mol. The van der Waals surface area contributed by atoms with Crippen LogP contribution in [0, 0.1) is 29.1 Å². The molecule has 1 nitrogen and oxygen atoms in total. The summed E-state index contributed by atoms with van der Waals surface area (Å²) in [7, 11) is 0. The molecule has 1 rings (SSSR count). The normalized spacial score (nSPS) is 26.9. The van der Waals surface area contributed by atoms with Crippen molar-refractivity contribution in [3.63, 3.8) is 0 Å². The molecule has 0 aromatic heterocycles. The zero-order chi connectivity index (χ0) is 10.7. The van der Waals surface area contributed by atoms with E-state index in [1.54, 1.807) is 0 Å². The van der Waals surface area contributed by atoms with E-state index in [1.807, 2.05) is 0 Å². The molecule has 0 amide bonds. The highest BCUT2D eigenvalue weighted by atomic mass is 14.4. The molecule has 0 N–H and O–H groups in total. The van der Waals surface area contributed by atoms with Gasteiger partial charge in [0.25, 0.3) is 0 Å². The van der Waals surface area contributed by atoms with Crippen molar-refractivity contribution in [3.8, 4) is 6.07 Å². The maximum Gasteiger partial charge on any atom is 0.0665 e. The first-order valence-electron chi connectivity index (χ1n) is 5.33. The summed E-state index contributed by atoms with van der Waals surface area (Å²) in [5.74, 6) is 0.918. The Morgan fingerprint density at radius 3 is 2.79 bits per heavy atom. The molecule has 0 saturated heterocycles. The van der Waals surface area contributed by atoms with Crippen LogP contribution in [0.2, 0.25) is 0 Å². The molecule has 1 aliphatic carbocycles. The Balaban J connectivity index is 2.91. The molecule has 76 valence electrons. The standard InChI is InChI=1S/C13H19N/c1-9(2)11(4)13-10(3)6-5-7-12(13)8-14/h6,9,12-13H,4-5,7H2,1-3H3. The Hall–Kier alpha value is -1.03. The monoisotopic (exact) mass is 189 g/mol. The first kappa shape index (κ1) is 11.0. The van der Waals surface area contributed by atoms with Gasteiger partial charge in [-0.15, -0.1) is 0 Å². The summed E-state index contributed by atoms with van der Waals surface area (Å²) >= 11 is 0. The quantitative estimate of drug-likeness (QED) is 0.608. The van der Waals surface area contributed by atoms with Crippen molar-refractivity contribution in [1.29, 1.82) is 5.26 Å². The van der Waals surface area contributed by atoms with E-state index in [2.05, 4.69) is 39.5 Å². The van der Waals surface area contributed by atoms with E-state index in [9.17, 15) is 0 Å². The van der Waals surface area contributed by atoms with Gasteiger partial charge in [0.1, 0.15) is 0 Å². The van der Waals surface area contributed by atoms with Crippen LogP contribution in [0.15, 0.2) is 23.8 Å². The maximum absolute atomic E-state index is 9.09. The van der Waals surface area contributed by atoms with Crippen molar-refractivity contribution in [2.24, 2.45) is 17.8 Å². The molecule has 0 fully saturated rings. The van der Waals surface area contributed by atoms with Crippen LogP contribution >= 0.6 is 0 Å². The Morgan fingerprint density at radius 1 is 1.64 bits per heavy atom. The first-order chi connectivity index (χ1) is 6.57. The number of hydrogen-bond acceptors (Lipinski definition) is 1. The lowest BCUT2D eigenvalue weighted by atomic mass is 9.73. The fraction of sp³-hybridized carbons (Fsp3) is 0.615. The number of nitriles is 1. The molecule has 1 aliphatic rings. The summed E-state index contributed by atoms with van der Waals surface area (Å²) in [6.45, 7) is 10.6. The van der Waals surface area contributed by atoms with E-state index in [0.717, 1.165) is 12.8 Å². The van der Waals surface area contributed by atoms with Gasteiger partial charge in [0.05, 0.1) is 12.0 Å². The highest BCUT2D eigenvalue weighted by molar-refractivity contribution is 5.25. The SMILES string of the molecule is C=C(C(C)C)C1C(C)=CCCC1C#N. The largest absolute Gasteiger partial charge is 0.198 e. The Kier molecular flexibility index (Phi) is 3.52. The topological polar surface area (TPSA) is 23.8 Å². The summed E-state index contributed by atoms with van der Waals surface area (Å²) in [5, 5.41) is 9.09. The van der Waals surface area contributed by atoms with Crippen LogP contribution in [0.5, 0.6) is 0 Å². The summed E-state index contributed by atoms with van der Waals surface area (Å²) < 4.78 is 0. The van der Waals surface area contributed by atoms with Crippen LogP contribution in [-0.2, 0) is 0 Å². The van der Waals surface area contributed by atoms with Crippen molar-refractivity contribution in [2.45, 2.75) is 33.6 Å². The average molecular weight is 189 g/mol. The summed E-state index contributed by atoms with van der Waals surface area (Å²) in [5.41, 5.74) is 2.55. The highest BCUT2D eigenvalue weighted by Gasteiger charge is 2.28. The van der Waals surface area contributed by atoms with Gasteiger partial charge in [0, 0.05) is 5.92 Å². The molecule has 0 radical (unpaired) electrons. The minimum Gasteiger partial charge on any atom is -0.198 e. The predicted octanol–water partition coefficient (Wildman–Crippen LogP) is 3.69. The van der Waals surface area contributed by atoms with Crippen molar-refractivity contribution in [2.75, 3.05) is 0 Å². The van der Waals surface area contributed by atoms with Gasteiger partial charge in [-0.1, -0.05) is 37.6 Å². The van der Waals surface area contributed by atoms with Crippen molar-refractivity contribution in [3.05, 3.63) is 23.8 Å². The fourth-order valence-electron chi connectivity index (χ4n) is 2.15. The van der Waals surface area contributed by atoms with Crippen LogP contribution in [-0.4, -0.2) is 0 Å². The van der Waals surface area contributed by atoms with Crippen LogP contribution in [0.1, 0.15) is 33.6 Å². The van der Waals surface area contributed by atoms with Gasteiger partial charge in [-0.25, -0.2) is 0 Å². The lowest BCUT2D eigenvalue weighted by Crippen LogP contribution is -2.22. The zero-order valence-electron chi connectivity index (χ0n) is 9.38. The second kappa shape index (κ2) is 4.46. The van der Waals surface area contributed by atoms with E-state index in [0.29, 0.717) is 11.8 Å². The maximum atomic E-state index is 9.09. The molecule has 0 aromatic rings. The van der Waals surface area contributed by atoms with Crippen molar-refractivity contribution < 1.29 is 0 Å². The molecule has 0 aliphatic heterocycles. The first-order valence-corrected chi connectivity index (χ1v) is 5.33. The second-order valence-electron chi connectivity index (χ2n) is 4.47. The van der Waals surface area contributed by atoms with Crippen LogP contribution in [0.25, 0.3) is 0 Å². The minimum atomic E-state index is 0.148. The zero-order valence-corrected chi connectivity index (χ0v) is 9.38. The van der Waals surface area contributed by atoms with Gasteiger partial charge in [0.15, 0.2) is 0 Å². The van der Waals surface area contributed by atoms with Gasteiger partial charge in [-0.05, 0) is 25.7 Å². The third-order valence-corrected chi connectivity index (χ3v) is 3.14. The molecule has 14 heavy (non-hydrogen) atoms. The minimum absolute atomic E-state index is 0.148. The van der Waals surface area contributed by atoms with Crippen LogP contribution < -0.4 is 0 Å². The Morgan fingerprint density at radius 2 is 2.29 bits per heavy atom. The molecule has 0 bridgehead atoms. The summed E-state index contributed by atoms with van der Waals surface area (Å²) in [6.07, 6.45) is 4.29. The lowest BCUT2D eigenvalue weighted by Gasteiger charge is -2.30. The van der Waals surface area contributed by atoms with E-state index < -0.39 is 0 Å². The van der Waals surface area contributed by atoms with Crippen LogP contribution in [0.4, 0.5) is 0 Å². The van der Waals surface area contributed by atoms with E-state index >= 15 is 0 Å². The number of allylic oxidation sites excluding steroid dienone is 3. The summed E-state index contributed by atoms with van der Waals surface area (Å²) in [6, 6.07) is 2.42. The number of rotatable bonds is 2. The number of nitrogens with zero attached hydrogens (tertiary/aromatic N) is 1. The lowest BCUT2D eigenvalue weighted by molar-refractivity contribution is 0.437. The fourth-order valence-corrected chi connectivity index (χ4v) is 2.15. The van der Waals surface area contributed by atoms with Gasteiger partial charge >= 0.3 is 0 Å². The molecule has 0 spiro atoms. The van der Waals surface area contributed by atoms with Crippen LogP contribution in [0.3, 0.4) is 0 Å². The van der Waals surface area contributed by atoms with E-state index in [-0.39, 0.29) is 5.92 Å². The van der Waals surface area contributed by atoms with Gasteiger partial charge in [-0.3, -0.25) is 0 Å². The smallest absolute Gasteiger partial charge is 0.0665 e. The van der Waals surface area contributed by atoms with E-state index in [1.165, 1.54) is 11.1 Å². The van der Waals surface area contributed by atoms with Gasteiger partial charge < -0.3 is 0 Å². The van der Waals surface area contributed by atoms with Crippen molar-refractivity contribution >= 4 is 0 Å². The number of hydrogen-bond donors (Lipinski definition) is 0. The molecule has 1 heteroatoms. The van der Waals surface area contributed by atoms with Crippen molar-refractivity contribution in [1.82, 2.24) is 0 Å². The molecular formula is C13H19N. The third kappa shape index (κ3) is 2.07. The highest BCUT2D eigenvalue weighted by Crippen LogP contribution is 2.37.